The highest BCUT2D eigenvalue weighted by molar-refractivity contribution is 6.86. The van der Waals surface area contributed by atoms with Crippen LogP contribution in [0.5, 0.6) is 0 Å². The smallest absolute Gasteiger partial charge is 0.301 e. The maximum Gasteiger partial charge on any atom is 0.362 e. The molecular formula is C12H37N7Si2. The first-order valence-electron chi connectivity index (χ1n) is 8.36. The van der Waals surface area contributed by atoms with Gasteiger partial charge in [0.1, 0.15) is 0 Å². The van der Waals surface area contributed by atoms with E-state index < -0.39 is 17.4 Å². The van der Waals surface area contributed by atoms with E-state index in [0.717, 1.165) is 39.3 Å². The molecule has 0 aromatic carbocycles. The van der Waals surface area contributed by atoms with Crippen molar-refractivity contribution in [1.29, 1.82) is 0 Å². The molecule has 0 aromatic rings. The van der Waals surface area contributed by atoms with Crippen molar-refractivity contribution in [1.82, 2.24) is 34.5 Å². The van der Waals surface area contributed by atoms with Gasteiger partial charge in [0, 0.05) is 0 Å². The fourth-order valence-corrected chi connectivity index (χ4v) is 10.8. The van der Waals surface area contributed by atoms with E-state index in [2.05, 4.69) is 76.1 Å². The Kier molecular flexibility index (Phi) is 11.8. The Balaban J connectivity index is 5.30. The van der Waals surface area contributed by atoms with E-state index in [9.17, 15) is 0 Å². The van der Waals surface area contributed by atoms with Crippen LogP contribution in [0.3, 0.4) is 0 Å². The van der Waals surface area contributed by atoms with Crippen LogP contribution in [-0.2, 0) is 0 Å². The van der Waals surface area contributed by atoms with Crippen molar-refractivity contribution in [2.45, 2.75) is 41.5 Å². The second kappa shape index (κ2) is 11.7. The highest BCUT2D eigenvalue weighted by Gasteiger charge is 2.44. The third-order valence-electron chi connectivity index (χ3n) is 3.03. The molecule has 9 heteroatoms. The van der Waals surface area contributed by atoms with Crippen LogP contribution in [0.1, 0.15) is 41.5 Å². The lowest BCUT2D eigenvalue weighted by molar-refractivity contribution is 0.699. The lowest BCUT2D eigenvalue weighted by Gasteiger charge is -2.42. The molecule has 0 spiro atoms. The van der Waals surface area contributed by atoms with Gasteiger partial charge in [0.05, 0.1) is 0 Å². The largest absolute Gasteiger partial charge is 0.362 e. The molecular weight excluding hydrogens is 298 g/mol. The van der Waals surface area contributed by atoms with Crippen LogP contribution in [0, 0.1) is 0 Å². The van der Waals surface area contributed by atoms with Crippen molar-refractivity contribution >= 4 is 17.4 Å². The maximum absolute atomic E-state index is 3.90. The number of hydrogen-bond donors (Lipinski definition) is 7. The maximum atomic E-state index is 3.90. The third kappa shape index (κ3) is 7.30. The van der Waals surface area contributed by atoms with E-state index in [1.165, 1.54) is 0 Å². The average molecular weight is 336 g/mol. The molecule has 0 aliphatic rings. The van der Waals surface area contributed by atoms with Crippen LogP contribution in [0.15, 0.2) is 0 Å². The van der Waals surface area contributed by atoms with Crippen molar-refractivity contribution < 1.29 is 0 Å². The van der Waals surface area contributed by atoms with Crippen LogP contribution >= 0.6 is 0 Å². The monoisotopic (exact) mass is 335 g/mol. The SMILES string of the molecule is CCN[Si](NCC)(NCC)N[Si](NCC)(NCC)NCC. The molecule has 0 aliphatic heterocycles. The summed E-state index contributed by atoms with van der Waals surface area (Å²) in [5, 5.41) is 0. The number of hydrogen-bond acceptors (Lipinski definition) is 7. The van der Waals surface area contributed by atoms with Crippen LogP contribution in [0.2, 0.25) is 0 Å². The van der Waals surface area contributed by atoms with Crippen LogP contribution in [0.4, 0.5) is 0 Å². The van der Waals surface area contributed by atoms with E-state index in [1.807, 2.05) is 0 Å². The summed E-state index contributed by atoms with van der Waals surface area (Å²) in [5.74, 6) is 0. The van der Waals surface area contributed by atoms with Gasteiger partial charge >= 0.3 is 17.4 Å². The van der Waals surface area contributed by atoms with Gasteiger partial charge in [-0.05, 0) is 39.3 Å². The summed E-state index contributed by atoms with van der Waals surface area (Å²) >= 11 is 0. The van der Waals surface area contributed by atoms with Gasteiger partial charge in [-0.1, -0.05) is 41.5 Å². The molecule has 0 fully saturated rings. The van der Waals surface area contributed by atoms with Gasteiger partial charge in [-0.3, -0.25) is 4.65 Å². The van der Waals surface area contributed by atoms with Crippen molar-refractivity contribution in [3.63, 3.8) is 0 Å². The molecule has 0 unspecified atom stereocenters. The Labute approximate surface area is 133 Å². The highest BCUT2D eigenvalue weighted by atomic mass is 28.4. The highest BCUT2D eigenvalue weighted by Crippen LogP contribution is 1.92. The van der Waals surface area contributed by atoms with Crippen molar-refractivity contribution in [3.8, 4) is 0 Å². The first-order valence-corrected chi connectivity index (χ1v) is 12.4. The molecule has 0 rings (SSSR count). The third-order valence-corrected chi connectivity index (χ3v) is 11.3. The Bertz CT molecular complexity index is 198. The Morgan fingerprint density at radius 2 is 0.619 bits per heavy atom. The van der Waals surface area contributed by atoms with Gasteiger partial charge in [-0.25, -0.2) is 0 Å². The molecule has 128 valence electrons. The first-order chi connectivity index (χ1) is 10.1. The molecule has 0 heterocycles. The molecule has 21 heavy (non-hydrogen) atoms. The van der Waals surface area contributed by atoms with Gasteiger partial charge in [0.25, 0.3) is 0 Å². The molecule has 0 amide bonds. The summed E-state index contributed by atoms with van der Waals surface area (Å²) in [6.07, 6.45) is 0. The molecule has 7 nitrogen and oxygen atoms in total. The predicted molar refractivity (Wildman–Crippen MR) is 96.7 cm³/mol. The average Bonchev–Trinajstić information content (AvgIpc) is 2.40. The Morgan fingerprint density at radius 3 is 0.762 bits per heavy atom. The second-order valence-corrected chi connectivity index (χ2v) is 10.9. The van der Waals surface area contributed by atoms with Crippen LogP contribution in [0.25, 0.3) is 0 Å². The molecule has 0 saturated heterocycles. The molecule has 0 radical (unpaired) electrons. The summed E-state index contributed by atoms with van der Waals surface area (Å²) in [5.41, 5.74) is 0. The van der Waals surface area contributed by atoms with Gasteiger partial charge < -0.3 is 29.9 Å². The molecule has 0 bridgehead atoms. The van der Waals surface area contributed by atoms with Gasteiger partial charge in [-0.2, -0.15) is 0 Å². The van der Waals surface area contributed by atoms with Gasteiger partial charge in [0.2, 0.25) is 0 Å². The number of nitrogens with one attached hydrogen (secondary N) is 7. The molecule has 0 aromatic heterocycles. The van der Waals surface area contributed by atoms with E-state index in [-0.39, 0.29) is 0 Å². The molecule has 0 saturated carbocycles. The first kappa shape index (κ1) is 21.2. The minimum Gasteiger partial charge on any atom is -0.301 e. The van der Waals surface area contributed by atoms with Crippen molar-refractivity contribution in [3.05, 3.63) is 0 Å². The predicted octanol–water partition coefficient (Wildman–Crippen LogP) is -0.896. The minimum atomic E-state index is -2.17. The van der Waals surface area contributed by atoms with E-state index in [0.29, 0.717) is 0 Å². The summed E-state index contributed by atoms with van der Waals surface area (Å²) < 4.78 is 3.90. The second-order valence-electron chi connectivity index (χ2n) is 4.81. The molecule has 7 N–H and O–H groups in total. The summed E-state index contributed by atoms with van der Waals surface area (Å²) in [4.78, 5) is 21.9. The number of rotatable bonds is 14. The van der Waals surface area contributed by atoms with Crippen LogP contribution in [-0.4, -0.2) is 56.7 Å². The topological polar surface area (TPSA) is 84.2 Å². The summed E-state index contributed by atoms with van der Waals surface area (Å²) in [7, 11) is -4.34. The standard InChI is InChI=1S/C12H37N7Si2/c1-7-13-20(14-8-2,15-9-3)19-21(16-10-4,17-11-5)18-12-6/h13-19H,7-12H2,1-6H3. The van der Waals surface area contributed by atoms with Gasteiger partial charge in [0.15, 0.2) is 0 Å². The lowest BCUT2D eigenvalue weighted by atomic mass is 10.8. The quantitative estimate of drug-likeness (QED) is 0.207. The zero-order valence-electron chi connectivity index (χ0n) is 14.7. The fraction of sp³-hybridized carbons (Fsp3) is 1.00. The zero-order chi connectivity index (χ0) is 16.2. The Morgan fingerprint density at radius 1 is 0.429 bits per heavy atom. The van der Waals surface area contributed by atoms with Crippen molar-refractivity contribution in [2.75, 3.05) is 39.3 Å². The molecule has 0 atom stereocenters. The van der Waals surface area contributed by atoms with Crippen LogP contribution < -0.4 is 34.5 Å². The summed E-state index contributed by atoms with van der Waals surface area (Å²) in [6.45, 7) is 18.4. The van der Waals surface area contributed by atoms with E-state index >= 15 is 0 Å². The van der Waals surface area contributed by atoms with Crippen molar-refractivity contribution in [2.24, 2.45) is 0 Å². The zero-order valence-corrected chi connectivity index (χ0v) is 16.7. The minimum absolute atomic E-state index is 0.925. The Hall–Kier alpha value is 0.154. The normalized spacial score (nSPS) is 12.9. The lowest BCUT2D eigenvalue weighted by Crippen LogP contribution is -2.93. The van der Waals surface area contributed by atoms with E-state index in [4.69, 9.17) is 0 Å². The molecule has 0 aliphatic carbocycles. The van der Waals surface area contributed by atoms with Gasteiger partial charge in [-0.15, -0.1) is 0 Å². The summed E-state index contributed by atoms with van der Waals surface area (Å²) in [6, 6.07) is 0. The van der Waals surface area contributed by atoms with E-state index in [1.54, 1.807) is 0 Å². The fourth-order valence-electron chi connectivity index (χ4n) is 2.51.